The third-order valence-electron chi connectivity index (χ3n) is 2.96. The summed E-state index contributed by atoms with van der Waals surface area (Å²) in [7, 11) is 0. The third-order valence-corrected chi connectivity index (χ3v) is 2.96. The van der Waals surface area contributed by atoms with E-state index in [9.17, 15) is 9.59 Å². The van der Waals surface area contributed by atoms with Gasteiger partial charge in [-0.3, -0.25) is 4.79 Å². The van der Waals surface area contributed by atoms with Gasteiger partial charge in [-0.05, 0) is 43.9 Å². The Balaban J connectivity index is 2.38. The van der Waals surface area contributed by atoms with Gasteiger partial charge < -0.3 is 14.8 Å². The van der Waals surface area contributed by atoms with Crippen LogP contribution in [-0.4, -0.2) is 30.6 Å². The van der Waals surface area contributed by atoms with Gasteiger partial charge in [-0.2, -0.15) is 0 Å². The molecule has 0 heterocycles. The Morgan fingerprint density at radius 1 is 0.957 bits per heavy atom. The van der Waals surface area contributed by atoms with E-state index in [1.165, 1.54) is 5.56 Å². The lowest BCUT2D eigenvalue weighted by Gasteiger charge is -2.20. The molecule has 0 unspecified atom stereocenters. The molecule has 0 saturated carbocycles. The highest BCUT2D eigenvalue weighted by atomic mass is 16.6. The molecule has 1 aromatic carbocycles. The molecule has 0 aromatic heterocycles. The smallest absolute Gasteiger partial charge is 0.344 e. The Hall–Kier alpha value is -2.04. The highest BCUT2D eigenvalue weighted by Gasteiger charge is 2.16. The number of esters is 1. The maximum atomic E-state index is 11.6. The van der Waals surface area contributed by atoms with Gasteiger partial charge in [0.1, 0.15) is 5.75 Å². The minimum Gasteiger partial charge on any atom is -0.482 e. The van der Waals surface area contributed by atoms with Crippen molar-refractivity contribution in [1.29, 1.82) is 0 Å². The number of nitrogens with one attached hydrogen (secondary N) is 1. The van der Waals surface area contributed by atoms with Crippen molar-refractivity contribution in [3.05, 3.63) is 29.8 Å². The van der Waals surface area contributed by atoms with Gasteiger partial charge in [-0.15, -0.1) is 0 Å². The molecule has 0 spiro atoms. The normalized spacial score (nSPS) is 11.7. The second-order valence-corrected chi connectivity index (χ2v) is 7.52. The van der Waals surface area contributed by atoms with E-state index in [-0.39, 0.29) is 30.1 Å². The molecule has 0 saturated heterocycles. The summed E-state index contributed by atoms with van der Waals surface area (Å²) in [4.78, 5) is 23.1. The summed E-state index contributed by atoms with van der Waals surface area (Å²) < 4.78 is 10.2. The molecule has 23 heavy (non-hydrogen) atoms. The van der Waals surface area contributed by atoms with E-state index in [4.69, 9.17) is 9.47 Å². The highest BCUT2D eigenvalue weighted by Crippen LogP contribution is 2.24. The Labute approximate surface area is 138 Å². The van der Waals surface area contributed by atoms with Crippen molar-refractivity contribution < 1.29 is 19.1 Å². The molecule has 1 N–H and O–H groups in total. The van der Waals surface area contributed by atoms with Crippen molar-refractivity contribution in [3.8, 4) is 5.75 Å². The third kappa shape index (κ3) is 7.68. The molecule has 128 valence electrons. The van der Waals surface area contributed by atoms with Crippen LogP contribution in [0.25, 0.3) is 0 Å². The summed E-state index contributed by atoms with van der Waals surface area (Å²) in [6.45, 7) is 11.4. The number of rotatable bonds is 5. The number of amides is 1. The van der Waals surface area contributed by atoms with Gasteiger partial charge in [-0.1, -0.05) is 32.9 Å². The van der Waals surface area contributed by atoms with Crippen molar-refractivity contribution in [2.45, 2.75) is 52.5 Å². The number of carbonyl (C=O) groups excluding carboxylic acids is 2. The molecule has 0 aliphatic rings. The summed E-state index contributed by atoms with van der Waals surface area (Å²) in [6.07, 6.45) is 0. The first-order valence-corrected chi connectivity index (χ1v) is 7.67. The molecule has 0 atom stereocenters. The fourth-order valence-corrected chi connectivity index (χ4v) is 1.84. The fourth-order valence-electron chi connectivity index (χ4n) is 1.84. The van der Waals surface area contributed by atoms with Crippen molar-refractivity contribution in [1.82, 2.24) is 5.32 Å². The highest BCUT2D eigenvalue weighted by molar-refractivity contribution is 5.81. The topological polar surface area (TPSA) is 64.6 Å². The molecule has 5 heteroatoms. The quantitative estimate of drug-likeness (QED) is 0.847. The summed E-state index contributed by atoms with van der Waals surface area (Å²) >= 11 is 0. The molecule has 1 rings (SSSR count). The Bertz CT molecular complexity index is 536. The number of hydrogen-bond donors (Lipinski definition) is 1. The van der Waals surface area contributed by atoms with Crippen LogP contribution in [0, 0.1) is 0 Å². The van der Waals surface area contributed by atoms with E-state index in [0.717, 1.165) is 0 Å². The van der Waals surface area contributed by atoms with Gasteiger partial charge in [0.25, 0.3) is 5.91 Å². The minimum absolute atomic E-state index is 0.0673. The number of hydrogen-bond acceptors (Lipinski definition) is 4. The van der Waals surface area contributed by atoms with Crippen LogP contribution in [0.5, 0.6) is 5.75 Å². The summed E-state index contributed by atoms with van der Waals surface area (Å²) in [5.41, 5.74) is 0.901. The molecule has 0 fully saturated rings. The summed E-state index contributed by atoms with van der Waals surface area (Å²) in [5, 5.41) is 2.71. The molecular formula is C18H27NO4. The van der Waals surface area contributed by atoms with Crippen LogP contribution in [0.1, 0.15) is 47.1 Å². The maximum absolute atomic E-state index is 11.6. The van der Waals surface area contributed by atoms with E-state index in [1.807, 2.05) is 45.0 Å². The monoisotopic (exact) mass is 321 g/mol. The minimum atomic E-state index is -0.575. The molecule has 0 bridgehead atoms. The zero-order chi connectivity index (χ0) is 17.7. The van der Waals surface area contributed by atoms with Crippen LogP contribution in [-0.2, 0) is 19.7 Å². The number of ether oxygens (including phenoxy) is 2. The van der Waals surface area contributed by atoms with Crippen molar-refractivity contribution in [2.75, 3.05) is 13.2 Å². The predicted octanol–water partition coefficient (Wildman–Crippen LogP) is 2.82. The Morgan fingerprint density at radius 2 is 1.52 bits per heavy atom. The predicted molar refractivity (Wildman–Crippen MR) is 89.5 cm³/mol. The van der Waals surface area contributed by atoms with Crippen LogP contribution in [0.4, 0.5) is 0 Å². The van der Waals surface area contributed by atoms with Crippen molar-refractivity contribution in [3.63, 3.8) is 0 Å². The van der Waals surface area contributed by atoms with Gasteiger partial charge >= 0.3 is 5.97 Å². The average molecular weight is 321 g/mol. The molecule has 0 aliphatic heterocycles. The first kappa shape index (κ1) is 19.0. The van der Waals surface area contributed by atoms with Gasteiger partial charge in [0.15, 0.2) is 13.2 Å². The maximum Gasteiger partial charge on any atom is 0.344 e. The fraction of sp³-hybridized carbons (Fsp3) is 0.556. The lowest BCUT2D eigenvalue weighted by molar-refractivity contribution is -0.150. The molecule has 1 amide bonds. The van der Waals surface area contributed by atoms with E-state index in [0.29, 0.717) is 5.75 Å². The largest absolute Gasteiger partial charge is 0.482 e. The second kappa shape index (κ2) is 7.49. The average Bonchev–Trinajstić information content (AvgIpc) is 2.40. The molecule has 1 aromatic rings. The van der Waals surface area contributed by atoms with E-state index in [2.05, 4.69) is 26.1 Å². The standard InChI is InChI=1S/C18H27NO4/c1-17(2,3)13-7-9-14(10-8-13)22-12-16(21)23-11-15(20)19-18(4,5)6/h7-10H,11-12H2,1-6H3,(H,19,20). The van der Waals surface area contributed by atoms with Gasteiger partial charge in [0.2, 0.25) is 0 Å². The number of carbonyl (C=O) groups is 2. The molecule has 0 radical (unpaired) electrons. The zero-order valence-corrected chi connectivity index (χ0v) is 14.9. The van der Waals surface area contributed by atoms with Crippen LogP contribution in [0.3, 0.4) is 0 Å². The van der Waals surface area contributed by atoms with Crippen LogP contribution >= 0.6 is 0 Å². The number of benzene rings is 1. The van der Waals surface area contributed by atoms with E-state index in [1.54, 1.807) is 0 Å². The second-order valence-electron chi connectivity index (χ2n) is 7.52. The van der Waals surface area contributed by atoms with E-state index >= 15 is 0 Å². The lowest BCUT2D eigenvalue weighted by atomic mass is 9.87. The van der Waals surface area contributed by atoms with Crippen molar-refractivity contribution in [2.24, 2.45) is 0 Å². The Kier molecular flexibility index (Phi) is 6.19. The first-order chi connectivity index (χ1) is 10.5. The SMILES string of the molecule is CC(C)(C)NC(=O)COC(=O)COc1ccc(C(C)(C)C)cc1. The van der Waals surface area contributed by atoms with Gasteiger partial charge in [0.05, 0.1) is 0 Å². The van der Waals surface area contributed by atoms with E-state index < -0.39 is 5.97 Å². The summed E-state index contributed by atoms with van der Waals surface area (Å²) in [5.74, 6) is -0.316. The molecule has 0 aliphatic carbocycles. The summed E-state index contributed by atoms with van der Waals surface area (Å²) in [6, 6.07) is 7.58. The van der Waals surface area contributed by atoms with Crippen LogP contribution in [0.2, 0.25) is 0 Å². The van der Waals surface area contributed by atoms with Gasteiger partial charge in [0, 0.05) is 5.54 Å². The zero-order valence-electron chi connectivity index (χ0n) is 14.9. The first-order valence-electron chi connectivity index (χ1n) is 7.67. The van der Waals surface area contributed by atoms with Crippen LogP contribution < -0.4 is 10.1 Å². The van der Waals surface area contributed by atoms with Gasteiger partial charge in [-0.25, -0.2) is 4.79 Å². The Morgan fingerprint density at radius 3 is 2.00 bits per heavy atom. The lowest BCUT2D eigenvalue weighted by Crippen LogP contribution is -2.43. The molecule has 5 nitrogen and oxygen atoms in total. The van der Waals surface area contributed by atoms with Crippen LogP contribution in [0.15, 0.2) is 24.3 Å². The van der Waals surface area contributed by atoms with Crippen molar-refractivity contribution >= 4 is 11.9 Å². The molecular weight excluding hydrogens is 294 g/mol.